The molecule has 1 aliphatic rings. The van der Waals surface area contributed by atoms with Crippen molar-refractivity contribution in [1.82, 2.24) is 10.2 Å². The first-order valence-electron chi connectivity index (χ1n) is 7.09. The number of hydrogen-bond acceptors (Lipinski definition) is 4. The molecule has 1 N–H and O–H groups in total. The average molecular weight is 269 g/mol. The van der Waals surface area contributed by atoms with Crippen LogP contribution >= 0.6 is 0 Å². The van der Waals surface area contributed by atoms with Gasteiger partial charge in [0.25, 0.3) is 0 Å². The fourth-order valence-corrected chi connectivity index (χ4v) is 2.54. The molecule has 4 heteroatoms. The lowest BCUT2D eigenvalue weighted by Gasteiger charge is -2.19. The Morgan fingerprint density at radius 1 is 1.35 bits per heavy atom. The lowest BCUT2D eigenvalue weighted by Crippen LogP contribution is -2.15. The van der Waals surface area contributed by atoms with Crippen LogP contribution in [0.4, 0.5) is 5.69 Å². The van der Waals surface area contributed by atoms with Crippen LogP contribution in [0.1, 0.15) is 24.8 Å². The first-order valence-corrected chi connectivity index (χ1v) is 7.09. The number of nitrogens with zero attached hydrogens (tertiary/aromatic N) is 2. The fraction of sp³-hybridized carbons (Fsp3) is 0.375. The van der Waals surface area contributed by atoms with Crippen LogP contribution in [0.3, 0.4) is 0 Å². The summed E-state index contributed by atoms with van der Waals surface area (Å²) in [4.78, 5) is 0. The number of aryl methyl sites for hydroxylation is 1. The standard InChI is InChI=1S/C16H19N3O/c1-12-7-8-14(16-19-18-11-20-16)9-15(12)17-10-13-5-3-2-4-6-13/h2-3,7-9,11,13,17H,4-6,10H2,1H3. The van der Waals surface area contributed by atoms with Gasteiger partial charge < -0.3 is 9.73 Å². The van der Waals surface area contributed by atoms with Gasteiger partial charge in [-0.15, -0.1) is 10.2 Å². The Bertz CT molecular complexity index is 590. The third kappa shape index (κ3) is 2.90. The molecule has 0 radical (unpaired) electrons. The van der Waals surface area contributed by atoms with E-state index in [9.17, 15) is 0 Å². The number of allylic oxidation sites excluding steroid dienone is 2. The fourth-order valence-electron chi connectivity index (χ4n) is 2.54. The Hall–Kier alpha value is -2.10. The number of aromatic nitrogens is 2. The zero-order valence-corrected chi connectivity index (χ0v) is 11.7. The molecule has 2 aromatic rings. The Kier molecular flexibility index (Phi) is 3.81. The first-order chi connectivity index (χ1) is 9.83. The molecular formula is C16H19N3O. The molecule has 0 spiro atoms. The predicted octanol–water partition coefficient (Wildman–Crippen LogP) is 3.81. The van der Waals surface area contributed by atoms with Gasteiger partial charge in [0, 0.05) is 17.8 Å². The van der Waals surface area contributed by atoms with Gasteiger partial charge in [0.05, 0.1) is 0 Å². The van der Waals surface area contributed by atoms with Gasteiger partial charge in [0.1, 0.15) is 0 Å². The summed E-state index contributed by atoms with van der Waals surface area (Å²) in [6.07, 6.45) is 9.57. The molecule has 1 heterocycles. The van der Waals surface area contributed by atoms with E-state index in [0.717, 1.165) is 23.7 Å². The number of nitrogens with one attached hydrogen (secondary N) is 1. The highest BCUT2D eigenvalue weighted by Gasteiger charge is 2.11. The van der Waals surface area contributed by atoms with Gasteiger partial charge in [-0.1, -0.05) is 18.2 Å². The molecule has 1 aromatic carbocycles. The minimum absolute atomic E-state index is 0.564. The monoisotopic (exact) mass is 269 g/mol. The Morgan fingerprint density at radius 3 is 3.05 bits per heavy atom. The van der Waals surface area contributed by atoms with Crippen LogP contribution in [0.2, 0.25) is 0 Å². The molecular weight excluding hydrogens is 250 g/mol. The first kappa shape index (κ1) is 12.9. The van der Waals surface area contributed by atoms with E-state index in [4.69, 9.17) is 4.42 Å². The highest BCUT2D eigenvalue weighted by molar-refractivity contribution is 5.64. The van der Waals surface area contributed by atoms with Crippen molar-refractivity contribution in [2.75, 3.05) is 11.9 Å². The summed E-state index contributed by atoms with van der Waals surface area (Å²) in [5.74, 6) is 1.29. The molecule has 104 valence electrons. The normalized spacial score (nSPS) is 18.1. The van der Waals surface area contributed by atoms with Gasteiger partial charge in [-0.2, -0.15) is 0 Å². The maximum absolute atomic E-state index is 5.25. The van der Waals surface area contributed by atoms with Crippen LogP contribution in [0.25, 0.3) is 11.5 Å². The van der Waals surface area contributed by atoms with Gasteiger partial charge in [0.2, 0.25) is 12.3 Å². The molecule has 0 amide bonds. The summed E-state index contributed by atoms with van der Waals surface area (Å²) in [6, 6.07) is 6.18. The molecule has 0 saturated carbocycles. The van der Waals surface area contributed by atoms with Crippen LogP contribution in [0.15, 0.2) is 41.2 Å². The second kappa shape index (κ2) is 5.90. The quantitative estimate of drug-likeness (QED) is 0.857. The molecule has 0 fully saturated rings. The molecule has 0 aliphatic heterocycles. The SMILES string of the molecule is Cc1ccc(-c2nnco2)cc1NCC1CC=CCC1. The van der Waals surface area contributed by atoms with Crippen LogP contribution in [0, 0.1) is 12.8 Å². The number of hydrogen-bond donors (Lipinski definition) is 1. The molecule has 3 rings (SSSR count). The third-order valence-corrected chi connectivity index (χ3v) is 3.80. The molecule has 1 aromatic heterocycles. The van der Waals surface area contributed by atoms with E-state index in [-0.39, 0.29) is 0 Å². The smallest absolute Gasteiger partial charge is 0.247 e. The number of anilines is 1. The van der Waals surface area contributed by atoms with Gasteiger partial charge in [0.15, 0.2) is 0 Å². The van der Waals surface area contributed by atoms with Gasteiger partial charge >= 0.3 is 0 Å². The van der Waals surface area contributed by atoms with E-state index in [0.29, 0.717) is 5.89 Å². The van der Waals surface area contributed by atoms with Crippen LogP contribution in [-0.4, -0.2) is 16.7 Å². The summed E-state index contributed by atoms with van der Waals surface area (Å²) in [5, 5.41) is 11.2. The van der Waals surface area contributed by atoms with Crippen LogP contribution in [0.5, 0.6) is 0 Å². The van der Waals surface area contributed by atoms with Crippen molar-refractivity contribution in [2.45, 2.75) is 26.2 Å². The average Bonchev–Trinajstić information content (AvgIpc) is 3.02. The lowest BCUT2D eigenvalue weighted by molar-refractivity contribution is 0.504. The van der Waals surface area contributed by atoms with Crippen molar-refractivity contribution in [3.63, 3.8) is 0 Å². The third-order valence-electron chi connectivity index (χ3n) is 3.80. The van der Waals surface area contributed by atoms with Crippen molar-refractivity contribution in [3.8, 4) is 11.5 Å². The summed E-state index contributed by atoms with van der Waals surface area (Å²) < 4.78 is 5.25. The number of rotatable bonds is 4. The summed E-state index contributed by atoms with van der Waals surface area (Å²) >= 11 is 0. The Balaban J connectivity index is 1.72. The second-order valence-corrected chi connectivity index (χ2v) is 5.30. The van der Waals surface area contributed by atoms with E-state index in [1.807, 2.05) is 6.07 Å². The molecule has 20 heavy (non-hydrogen) atoms. The van der Waals surface area contributed by atoms with Crippen molar-refractivity contribution < 1.29 is 4.42 Å². The van der Waals surface area contributed by atoms with Crippen LogP contribution < -0.4 is 5.32 Å². The van der Waals surface area contributed by atoms with Crippen molar-refractivity contribution in [1.29, 1.82) is 0 Å². The van der Waals surface area contributed by atoms with E-state index in [1.165, 1.54) is 31.2 Å². The topological polar surface area (TPSA) is 51.0 Å². The summed E-state index contributed by atoms with van der Waals surface area (Å²) in [7, 11) is 0. The lowest BCUT2D eigenvalue weighted by atomic mass is 9.94. The minimum Gasteiger partial charge on any atom is -0.423 e. The zero-order chi connectivity index (χ0) is 13.8. The molecule has 1 unspecified atom stereocenters. The predicted molar refractivity (Wildman–Crippen MR) is 79.4 cm³/mol. The second-order valence-electron chi connectivity index (χ2n) is 5.30. The zero-order valence-electron chi connectivity index (χ0n) is 11.7. The molecule has 4 nitrogen and oxygen atoms in total. The Morgan fingerprint density at radius 2 is 2.30 bits per heavy atom. The van der Waals surface area contributed by atoms with E-state index >= 15 is 0 Å². The molecule has 0 bridgehead atoms. The maximum Gasteiger partial charge on any atom is 0.247 e. The Labute approximate surface area is 118 Å². The summed E-state index contributed by atoms with van der Waals surface area (Å²) in [6.45, 7) is 3.12. The van der Waals surface area contributed by atoms with E-state index in [2.05, 4.69) is 46.7 Å². The molecule has 1 atom stereocenters. The van der Waals surface area contributed by atoms with Crippen molar-refractivity contribution in [2.24, 2.45) is 5.92 Å². The molecule has 0 saturated heterocycles. The highest BCUT2D eigenvalue weighted by atomic mass is 16.4. The van der Waals surface area contributed by atoms with Gasteiger partial charge in [-0.25, -0.2) is 0 Å². The van der Waals surface area contributed by atoms with Crippen molar-refractivity contribution >= 4 is 5.69 Å². The van der Waals surface area contributed by atoms with Gasteiger partial charge in [-0.05, 0) is 49.8 Å². The van der Waals surface area contributed by atoms with E-state index < -0.39 is 0 Å². The summed E-state index contributed by atoms with van der Waals surface area (Å²) in [5.41, 5.74) is 3.34. The van der Waals surface area contributed by atoms with Gasteiger partial charge in [-0.3, -0.25) is 0 Å². The van der Waals surface area contributed by atoms with Crippen LogP contribution in [-0.2, 0) is 0 Å². The number of benzene rings is 1. The van der Waals surface area contributed by atoms with E-state index in [1.54, 1.807) is 0 Å². The largest absolute Gasteiger partial charge is 0.423 e. The highest BCUT2D eigenvalue weighted by Crippen LogP contribution is 2.25. The van der Waals surface area contributed by atoms with Crippen molar-refractivity contribution in [3.05, 3.63) is 42.3 Å². The molecule has 1 aliphatic carbocycles. The maximum atomic E-state index is 5.25. The minimum atomic E-state index is 0.564.